The number of hydrogen-bond acceptors (Lipinski definition) is 10. The molecule has 0 atom stereocenters. The van der Waals surface area contributed by atoms with E-state index in [9.17, 15) is 18.0 Å². The zero-order valence-corrected chi connectivity index (χ0v) is 28.0. The van der Waals surface area contributed by atoms with Crippen molar-refractivity contribution >= 4 is 16.7 Å². The summed E-state index contributed by atoms with van der Waals surface area (Å²) in [4.78, 5) is 41.9. The highest BCUT2D eigenvalue weighted by Gasteiger charge is 2.53. The second-order valence-electron chi connectivity index (χ2n) is 13.2. The average molecular weight is 695 g/mol. The number of nitrogens with zero attached hydrogens (tertiary/aromatic N) is 9. The van der Waals surface area contributed by atoms with Crippen LogP contribution in [0.2, 0.25) is 0 Å². The zero-order valence-electron chi connectivity index (χ0n) is 28.0. The SMILES string of the molecule is COc1ncnc(C2CC2)c1-c1ncnc(N(Cc2ccc(-c3nc(C(F)(F)F)cn3C(C)C)cc2)C2(c3n[nH]c(=O)c4ccccc34)CC2)n1. The molecule has 6 aromatic rings. The molecule has 0 amide bonds. The number of alkyl halides is 3. The van der Waals surface area contributed by atoms with Crippen molar-refractivity contribution in [3.05, 3.63) is 100 Å². The van der Waals surface area contributed by atoms with Crippen LogP contribution in [0, 0.1) is 0 Å². The first-order valence-electron chi connectivity index (χ1n) is 16.7. The lowest BCUT2D eigenvalue weighted by molar-refractivity contribution is -0.140. The third kappa shape index (κ3) is 5.85. The number of benzene rings is 2. The Bertz CT molecular complexity index is 2310. The van der Waals surface area contributed by atoms with Gasteiger partial charge in [-0.2, -0.15) is 23.3 Å². The number of nitrogens with one attached hydrogen (secondary N) is 1. The monoisotopic (exact) mass is 694 g/mol. The fourth-order valence-electron chi connectivity index (χ4n) is 6.67. The summed E-state index contributed by atoms with van der Waals surface area (Å²) in [5.41, 5.74) is 1.62. The summed E-state index contributed by atoms with van der Waals surface area (Å²) in [6.45, 7) is 3.94. The Labute approximate surface area is 289 Å². The molecule has 2 aromatic carbocycles. The van der Waals surface area contributed by atoms with Gasteiger partial charge in [-0.05, 0) is 51.2 Å². The van der Waals surface area contributed by atoms with Crippen LogP contribution in [0.5, 0.6) is 5.88 Å². The number of aromatic nitrogens is 9. The summed E-state index contributed by atoms with van der Waals surface area (Å²) in [5, 5.41) is 8.52. The summed E-state index contributed by atoms with van der Waals surface area (Å²) in [6.07, 6.45) is 2.82. The van der Waals surface area contributed by atoms with E-state index in [1.54, 1.807) is 25.3 Å². The minimum atomic E-state index is -4.56. The van der Waals surface area contributed by atoms with Gasteiger partial charge in [0.2, 0.25) is 11.8 Å². The highest BCUT2D eigenvalue weighted by atomic mass is 19.4. The number of ether oxygens (including phenoxy) is 1. The highest BCUT2D eigenvalue weighted by molar-refractivity contribution is 5.85. The Morgan fingerprint density at radius 2 is 1.71 bits per heavy atom. The molecule has 4 heterocycles. The Morgan fingerprint density at radius 3 is 2.37 bits per heavy atom. The van der Waals surface area contributed by atoms with Gasteiger partial charge in [0.1, 0.15) is 24.0 Å². The van der Waals surface area contributed by atoms with E-state index >= 15 is 0 Å². The van der Waals surface area contributed by atoms with Gasteiger partial charge in [-0.25, -0.2) is 30.0 Å². The maximum Gasteiger partial charge on any atom is 0.434 e. The first-order chi connectivity index (χ1) is 24.6. The third-order valence-electron chi connectivity index (χ3n) is 9.53. The van der Waals surface area contributed by atoms with E-state index in [-0.39, 0.29) is 23.3 Å². The van der Waals surface area contributed by atoms with E-state index in [2.05, 4.69) is 40.0 Å². The first-order valence-corrected chi connectivity index (χ1v) is 16.7. The van der Waals surface area contributed by atoms with Gasteiger partial charge >= 0.3 is 6.18 Å². The second-order valence-corrected chi connectivity index (χ2v) is 13.2. The normalized spacial score (nSPS) is 15.4. The van der Waals surface area contributed by atoms with Crippen molar-refractivity contribution in [2.24, 2.45) is 0 Å². The molecule has 4 aromatic heterocycles. The van der Waals surface area contributed by atoms with Gasteiger partial charge in [-0.1, -0.05) is 42.5 Å². The maximum absolute atomic E-state index is 13.6. The molecule has 2 aliphatic carbocycles. The summed E-state index contributed by atoms with van der Waals surface area (Å²) < 4.78 is 48.0. The molecule has 0 saturated heterocycles. The van der Waals surface area contributed by atoms with Crippen molar-refractivity contribution in [3.8, 4) is 28.7 Å². The smallest absolute Gasteiger partial charge is 0.434 e. The molecule has 51 heavy (non-hydrogen) atoms. The lowest BCUT2D eigenvalue weighted by Gasteiger charge is -2.32. The molecule has 0 bridgehead atoms. The Hall–Kier alpha value is -5.73. The van der Waals surface area contributed by atoms with Gasteiger partial charge in [0.15, 0.2) is 11.5 Å². The van der Waals surface area contributed by atoms with Crippen molar-refractivity contribution in [3.63, 3.8) is 0 Å². The predicted molar refractivity (Wildman–Crippen MR) is 182 cm³/mol. The van der Waals surface area contributed by atoms with Gasteiger partial charge in [-0.3, -0.25) is 4.79 Å². The zero-order chi connectivity index (χ0) is 35.5. The highest BCUT2D eigenvalue weighted by Crippen LogP contribution is 2.53. The molecule has 2 aliphatic rings. The van der Waals surface area contributed by atoms with Crippen molar-refractivity contribution < 1.29 is 17.9 Å². The predicted octanol–water partition coefficient (Wildman–Crippen LogP) is 6.61. The number of methoxy groups -OCH3 is 1. The molecular weight excluding hydrogens is 661 g/mol. The van der Waals surface area contributed by atoms with Crippen LogP contribution in [-0.4, -0.2) is 51.8 Å². The first kappa shape index (κ1) is 32.5. The molecular formula is C36H33F3N10O2. The minimum Gasteiger partial charge on any atom is -0.480 e. The number of H-pyrrole nitrogens is 1. The number of anilines is 1. The maximum atomic E-state index is 13.6. The molecule has 0 radical (unpaired) electrons. The fraction of sp³-hybridized carbons (Fsp3) is 0.333. The number of aromatic amines is 1. The van der Waals surface area contributed by atoms with Crippen LogP contribution in [-0.2, 0) is 18.3 Å². The van der Waals surface area contributed by atoms with Crippen molar-refractivity contribution in [1.29, 1.82) is 0 Å². The van der Waals surface area contributed by atoms with Gasteiger partial charge in [0, 0.05) is 35.7 Å². The summed E-state index contributed by atoms with van der Waals surface area (Å²) >= 11 is 0. The summed E-state index contributed by atoms with van der Waals surface area (Å²) in [6, 6.07) is 14.4. The second kappa shape index (κ2) is 12.2. The lowest BCUT2D eigenvalue weighted by atomic mass is 10.0. The van der Waals surface area contributed by atoms with Crippen molar-refractivity contribution in [2.45, 2.75) is 69.8 Å². The number of rotatable bonds is 10. The van der Waals surface area contributed by atoms with Crippen LogP contribution in [0.15, 0.2) is 72.2 Å². The molecule has 1 N–H and O–H groups in total. The van der Waals surface area contributed by atoms with Crippen LogP contribution < -0.4 is 15.2 Å². The van der Waals surface area contributed by atoms with Gasteiger partial charge in [-0.15, -0.1) is 0 Å². The molecule has 2 saturated carbocycles. The molecule has 0 unspecified atom stereocenters. The number of halogens is 3. The summed E-state index contributed by atoms with van der Waals surface area (Å²) in [7, 11) is 1.55. The third-order valence-corrected chi connectivity index (χ3v) is 9.53. The molecule has 260 valence electrons. The van der Waals surface area contributed by atoms with Crippen molar-refractivity contribution in [1.82, 2.24) is 44.7 Å². The molecule has 2 fully saturated rings. The molecule has 0 aliphatic heterocycles. The van der Waals surface area contributed by atoms with E-state index in [4.69, 9.17) is 9.72 Å². The average Bonchev–Trinajstić information content (AvgIpc) is 4.08. The Balaban J connectivity index is 1.23. The Morgan fingerprint density at radius 1 is 0.980 bits per heavy atom. The standard InChI is InChI=1S/C36H33F3N10O2/c1-20(2)48-17-26(36(37,38)39)44-31(48)23-10-8-21(9-11-23)16-49(35(14-15-35)29-24-6-4-5-7-25(24)32(50)47-46-29)34-43-19-41-30(45-34)27-28(22-12-13-22)40-18-42-33(27)51-3/h4-11,17-20,22H,12-16H2,1-3H3,(H,47,50). The van der Waals surface area contributed by atoms with E-state index in [1.165, 1.54) is 17.2 Å². The number of imidazole rings is 1. The molecule has 15 heteroatoms. The van der Waals surface area contributed by atoms with Gasteiger partial charge in [0.05, 0.1) is 29.4 Å². The fourth-order valence-corrected chi connectivity index (χ4v) is 6.67. The van der Waals surface area contributed by atoms with Crippen LogP contribution in [0.3, 0.4) is 0 Å². The van der Waals surface area contributed by atoms with E-state index in [0.717, 1.165) is 35.7 Å². The molecule has 8 rings (SSSR count). The van der Waals surface area contributed by atoms with Gasteiger partial charge < -0.3 is 14.2 Å². The molecule has 0 spiro atoms. The summed E-state index contributed by atoms with van der Waals surface area (Å²) in [5.74, 6) is 1.61. The van der Waals surface area contributed by atoms with E-state index in [0.29, 0.717) is 59.2 Å². The van der Waals surface area contributed by atoms with Crippen LogP contribution in [0.1, 0.15) is 74.1 Å². The minimum absolute atomic E-state index is 0.232. The Kier molecular flexibility index (Phi) is 7.80. The number of hydrogen-bond donors (Lipinski definition) is 1. The topological polar surface area (TPSA) is 140 Å². The van der Waals surface area contributed by atoms with Crippen LogP contribution in [0.25, 0.3) is 33.5 Å². The lowest BCUT2D eigenvalue weighted by Crippen LogP contribution is -2.38. The largest absolute Gasteiger partial charge is 0.480 e. The quantitative estimate of drug-likeness (QED) is 0.167. The van der Waals surface area contributed by atoms with E-state index in [1.807, 2.05) is 44.2 Å². The van der Waals surface area contributed by atoms with Crippen LogP contribution in [0.4, 0.5) is 19.1 Å². The number of fused-ring (bicyclic) bond motifs is 1. The van der Waals surface area contributed by atoms with Gasteiger partial charge in [0.25, 0.3) is 5.56 Å². The van der Waals surface area contributed by atoms with E-state index < -0.39 is 17.4 Å². The van der Waals surface area contributed by atoms with Crippen LogP contribution >= 0.6 is 0 Å². The molecule has 12 nitrogen and oxygen atoms in total. The van der Waals surface area contributed by atoms with Crippen molar-refractivity contribution in [2.75, 3.05) is 12.0 Å².